The van der Waals surface area contributed by atoms with Crippen LogP contribution in [-0.2, 0) is 20.7 Å². The first-order chi connectivity index (χ1) is 11.5. The molecule has 2 heterocycles. The molecular weight excluding hydrogens is 324 g/mol. The number of benzene rings is 1. The number of hydrogen-bond donors (Lipinski definition) is 1. The van der Waals surface area contributed by atoms with E-state index in [1.807, 2.05) is 0 Å². The molecule has 4 rings (SSSR count). The number of rotatable bonds is 4. The Labute approximate surface area is 143 Å². The molecule has 1 N–H and O–H groups in total. The third kappa shape index (κ3) is 2.76. The second-order valence-corrected chi connectivity index (χ2v) is 8.78. The van der Waals surface area contributed by atoms with Crippen LogP contribution >= 0.6 is 0 Å². The Morgan fingerprint density at radius 3 is 2.96 bits per heavy atom. The van der Waals surface area contributed by atoms with E-state index in [-0.39, 0.29) is 12.5 Å². The molecule has 24 heavy (non-hydrogen) atoms. The zero-order valence-electron chi connectivity index (χ0n) is 14.2. The van der Waals surface area contributed by atoms with Crippen LogP contribution in [0.4, 0.5) is 0 Å². The smallest absolute Gasteiger partial charge is 0.264 e. The first kappa shape index (κ1) is 16.1. The van der Waals surface area contributed by atoms with Crippen LogP contribution in [0.1, 0.15) is 30.4 Å². The third-order valence-electron chi connectivity index (χ3n) is 5.59. The van der Waals surface area contributed by atoms with Crippen molar-refractivity contribution in [3.8, 4) is 0 Å². The van der Waals surface area contributed by atoms with Crippen LogP contribution < -0.4 is 0 Å². The summed E-state index contributed by atoms with van der Waals surface area (Å²) in [5.74, 6) is 0.690. The van der Waals surface area contributed by atoms with E-state index < -0.39 is 10.1 Å². The zero-order chi connectivity index (χ0) is 16.9. The van der Waals surface area contributed by atoms with Crippen molar-refractivity contribution in [3.63, 3.8) is 0 Å². The highest BCUT2D eigenvalue weighted by atomic mass is 32.2. The average Bonchev–Trinajstić information content (AvgIpc) is 2.97. The molecule has 1 aromatic carbocycles. The van der Waals surface area contributed by atoms with Gasteiger partial charge in [0.25, 0.3) is 10.1 Å². The lowest BCUT2D eigenvalue weighted by atomic mass is 9.72. The summed E-state index contributed by atoms with van der Waals surface area (Å²) in [5.41, 5.74) is 4.02. The van der Waals surface area contributed by atoms with Crippen LogP contribution in [0.15, 0.2) is 24.4 Å². The van der Waals surface area contributed by atoms with Crippen molar-refractivity contribution in [2.45, 2.75) is 31.7 Å². The van der Waals surface area contributed by atoms with Gasteiger partial charge in [-0.25, -0.2) is 0 Å². The third-order valence-corrected chi connectivity index (χ3v) is 6.15. The molecular formula is C18H24N2O3S. The maximum absolute atomic E-state index is 11.4. The summed E-state index contributed by atoms with van der Waals surface area (Å²) in [6.07, 6.45) is 5.33. The minimum absolute atomic E-state index is 0.247. The molecule has 0 bridgehead atoms. The van der Waals surface area contributed by atoms with E-state index in [2.05, 4.69) is 41.2 Å². The molecule has 1 unspecified atom stereocenters. The van der Waals surface area contributed by atoms with Gasteiger partial charge in [-0.2, -0.15) is 8.42 Å². The summed E-state index contributed by atoms with van der Waals surface area (Å²) in [4.78, 5) is 5.90. The maximum atomic E-state index is 11.4. The van der Waals surface area contributed by atoms with Crippen LogP contribution in [0.5, 0.6) is 0 Å². The van der Waals surface area contributed by atoms with E-state index in [0.29, 0.717) is 12.0 Å². The van der Waals surface area contributed by atoms with Gasteiger partial charge in [-0.15, -0.1) is 0 Å². The SMILES string of the molecule is CCN1C[C@H](COS(C)(=O)=O)CC2c3cccc4[nH]cc(c34)C[C@H]21. The molecule has 0 saturated carbocycles. The highest BCUT2D eigenvalue weighted by molar-refractivity contribution is 7.85. The van der Waals surface area contributed by atoms with Gasteiger partial charge in [0.2, 0.25) is 0 Å². The Kier molecular flexibility index (Phi) is 3.94. The summed E-state index contributed by atoms with van der Waals surface area (Å²) in [6, 6.07) is 6.99. The zero-order valence-corrected chi connectivity index (χ0v) is 15.0. The van der Waals surface area contributed by atoms with Gasteiger partial charge in [0.1, 0.15) is 0 Å². The van der Waals surface area contributed by atoms with Crippen molar-refractivity contribution in [1.82, 2.24) is 9.88 Å². The number of aromatic nitrogens is 1. The normalized spacial score (nSPS) is 27.3. The Bertz CT molecular complexity index is 858. The standard InChI is InChI=1S/C18H24N2O3S/c1-3-20-10-12(11-23-24(2,21)22)7-15-14-5-4-6-16-18(14)13(9-19-16)8-17(15)20/h4-6,9,12,15,17,19H,3,7-8,10-11H2,1-2H3/t12-,15?,17-/m1/s1. The first-order valence-corrected chi connectivity index (χ1v) is 10.4. The van der Waals surface area contributed by atoms with Gasteiger partial charge in [-0.05, 0) is 42.5 Å². The maximum Gasteiger partial charge on any atom is 0.264 e. The molecule has 1 saturated heterocycles. The lowest BCUT2D eigenvalue weighted by molar-refractivity contribution is 0.0684. The summed E-state index contributed by atoms with van der Waals surface area (Å²) < 4.78 is 27.8. The van der Waals surface area contributed by atoms with Crippen molar-refractivity contribution in [3.05, 3.63) is 35.5 Å². The lowest BCUT2D eigenvalue weighted by Crippen LogP contribution is -2.50. The van der Waals surface area contributed by atoms with Crippen LogP contribution in [0.25, 0.3) is 10.9 Å². The van der Waals surface area contributed by atoms with Crippen molar-refractivity contribution in [2.75, 3.05) is 26.0 Å². The predicted octanol–water partition coefficient (Wildman–Crippen LogP) is 2.49. The molecule has 1 aliphatic carbocycles. The fraction of sp³-hybridized carbons (Fsp3) is 0.556. The first-order valence-electron chi connectivity index (χ1n) is 8.63. The molecule has 3 atom stereocenters. The number of H-pyrrole nitrogens is 1. The molecule has 0 amide bonds. The van der Waals surface area contributed by atoms with E-state index >= 15 is 0 Å². The van der Waals surface area contributed by atoms with Crippen LogP contribution in [0.2, 0.25) is 0 Å². The molecule has 1 aromatic heterocycles. The second-order valence-electron chi connectivity index (χ2n) is 7.14. The van der Waals surface area contributed by atoms with Crippen molar-refractivity contribution < 1.29 is 12.6 Å². The minimum atomic E-state index is -3.38. The number of likely N-dealkylation sites (N-methyl/N-ethyl adjacent to an activating group) is 1. The molecule has 6 heteroatoms. The Morgan fingerprint density at radius 2 is 2.21 bits per heavy atom. The molecule has 130 valence electrons. The van der Waals surface area contributed by atoms with Gasteiger partial charge in [0, 0.05) is 35.6 Å². The van der Waals surface area contributed by atoms with Gasteiger partial charge in [-0.1, -0.05) is 19.1 Å². The van der Waals surface area contributed by atoms with E-state index in [4.69, 9.17) is 4.18 Å². The highest BCUT2D eigenvalue weighted by Gasteiger charge is 2.40. The number of fused-ring (bicyclic) bond motifs is 2. The Hall–Kier alpha value is -1.37. The molecule has 1 fully saturated rings. The monoisotopic (exact) mass is 348 g/mol. The molecule has 0 spiro atoms. The summed E-state index contributed by atoms with van der Waals surface area (Å²) in [7, 11) is -3.38. The molecule has 0 radical (unpaired) electrons. The number of nitrogens with one attached hydrogen (secondary N) is 1. The van der Waals surface area contributed by atoms with Gasteiger partial charge in [0.05, 0.1) is 12.9 Å². The fourth-order valence-corrected chi connectivity index (χ4v) is 5.04. The van der Waals surface area contributed by atoms with Crippen molar-refractivity contribution in [1.29, 1.82) is 0 Å². The molecule has 2 aromatic rings. The van der Waals surface area contributed by atoms with Gasteiger partial charge >= 0.3 is 0 Å². The average molecular weight is 348 g/mol. The highest BCUT2D eigenvalue weighted by Crippen LogP contribution is 2.44. The number of hydrogen-bond acceptors (Lipinski definition) is 4. The molecule has 2 aliphatic rings. The number of likely N-dealkylation sites (tertiary alicyclic amines) is 1. The van der Waals surface area contributed by atoms with E-state index in [0.717, 1.165) is 32.2 Å². The van der Waals surface area contributed by atoms with E-state index in [9.17, 15) is 8.42 Å². The van der Waals surface area contributed by atoms with Gasteiger partial charge in [-0.3, -0.25) is 9.08 Å². The van der Waals surface area contributed by atoms with Crippen LogP contribution in [-0.4, -0.2) is 50.3 Å². The summed E-state index contributed by atoms with van der Waals surface area (Å²) in [6.45, 7) is 4.35. The van der Waals surface area contributed by atoms with Crippen LogP contribution in [0.3, 0.4) is 0 Å². The Morgan fingerprint density at radius 1 is 1.38 bits per heavy atom. The quantitative estimate of drug-likeness (QED) is 0.863. The molecule has 1 aliphatic heterocycles. The molecule has 5 nitrogen and oxygen atoms in total. The van der Waals surface area contributed by atoms with Crippen molar-refractivity contribution in [2.24, 2.45) is 5.92 Å². The number of nitrogens with zero attached hydrogens (tertiary/aromatic N) is 1. The number of aromatic amines is 1. The topological polar surface area (TPSA) is 62.4 Å². The second kappa shape index (κ2) is 5.86. The minimum Gasteiger partial charge on any atom is -0.361 e. The largest absolute Gasteiger partial charge is 0.361 e. The number of piperidine rings is 1. The summed E-state index contributed by atoms with van der Waals surface area (Å²) >= 11 is 0. The van der Waals surface area contributed by atoms with E-state index in [1.54, 1.807) is 0 Å². The van der Waals surface area contributed by atoms with Crippen LogP contribution in [0, 0.1) is 5.92 Å². The van der Waals surface area contributed by atoms with Gasteiger partial charge in [0.15, 0.2) is 0 Å². The van der Waals surface area contributed by atoms with E-state index in [1.165, 1.54) is 22.0 Å². The lowest BCUT2D eigenvalue weighted by Gasteiger charge is -2.46. The summed E-state index contributed by atoms with van der Waals surface area (Å²) in [5, 5.41) is 1.37. The fourth-order valence-electron chi connectivity index (χ4n) is 4.60. The predicted molar refractivity (Wildman–Crippen MR) is 94.7 cm³/mol. The van der Waals surface area contributed by atoms with Crippen molar-refractivity contribution >= 4 is 21.0 Å². The van der Waals surface area contributed by atoms with Gasteiger partial charge < -0.3 is 4.98 Å². The Balaban J connectivity index is 1.67.